The number of carbonyl (C=O) groups excluding carboxylic acids is 3. The van der Waals surface area contributed by atoms with E-state index in [9.17, 15) is 14.4 Å². The largest absolute Gasteiger partial charge is 0.462 e. The van der Waals surface area contributed by atoms with Crippen molar-refractivity contribution in [3.05, 3.63) is 182 Å². The molecule has 6 heteroatoms. The van der Waals surface area contributed by atoms with Crippen LogP contribution in [0.4, 0.5) is 0 Å². The number of esters is 3. The topological polar surface area (TPSA) is 78.9 Å². The maximum Gasteiger partial charge on any atom is 0.306 e. The zero-order valence-corrected chi connectivity index (χ0v) is 44.6. The van der Waals surface area contributed by atoms with Crippen molar-refractivity contribution in [3.8, 4) is 0 Å². The van der Waals surface area contributed by atoms with E-state index in [1.165, 1.54) is 0 Å². The van der Waals surface area contributed by atoms with E-state index in [-0.39, 0.29) is 44.4 Å². The van der Waals surface area contributed by atoms with Crippen LogP contribution in [0.3, 0.4) is 0 Å². The maximum absolute atomic E-state index is 12.8. The summed E-state index contributed by atoms with van der Waals surface area (Å²) in [5.41, 5.74) is 0. The molecule has 1 atom stereocenters. The number of hydrogen-bond acceptors (Lipinski definition) is 6. The third-order valence-electron chi connectivity index (χ3n) is 10.4. The van der Waals surface area contributed by atoms with Gasteiger partial charge >= 0.3 is 17.9 Å². The van der Waals surface area contributed by atoms with Crippen molar-refractivity contribution in [2.75, 3.05) is 13.2 Å². The van der Waals surface area contributed by atoms with Gasteiger partial charge in [-0.2, -0.15) is 0 Å². The predicted octanol–water partition coefficient (Wildman–Crippen LogP) is 18.5. The lowest BCUT2D eigenvalue weighted by atomic mass is 10.1. The summed E-state index contributed by atoms with van der Waals surface area (Å²) in [4.78, 5) is 38.1. The summed E-state index contributed by atoms with van der Waals surface area (Å²) in [5, 5.41) is 0. The Morgan fingerprint density at radius 2 is 0.521 bits per heavy atom. The van der Waals surface area contributed by atoms with Gasteiger partial charge in [0.15, 0.2) is 6.10 Å². The van der Waals surface area contributed by atoms with Crippen molar-refractivity contribution in [2.45, 2.75) is 194 Å². The maximum atomic E-state index is 12.8. The van der Waals surface area contributed by atoms with Gasteiger partial charge in [-0.3, -0.25) is 14.4 Å². The number of unbranched alkanes of at least 4 members (excludes halogenated alkanes) is 5. The minimum absolute atomic E-state index is 0.146. The second-order valence-corrected chi connectivity index (χ2v) is 17.0. The second-order valence-electron chi connectivity index (χ2n) is 17.0. The third kappa shape index (κ3) is 55.3. The van der Waals surface area contributed by atoms with Crippen molar-refractivity contribution in [1.82, 2.24) is 0 Å². The first-order valence-electron chi connectivity index (χ1n) is 27.3. The molecular weight excluding hydrogens is 877 g/mol. The van der Waals surface area contributed by atoms with E-state index in [4.69, 9.17) is 14.2 Å². The fraction of sp³-hybridized carbons (Fsp3) is 0.492. The summed E-state index contributed by atoms with van der Waals surface area (Å²) in [6.07, 6.45) is 86.0. The molecule has 0 aliphatic heterocycles. The third-order valence-corrected chi connectivity index (χ3v) is 10.4. The molecule has 0 aromatic heterocycles. The molecule has 0 N–H and O–H groups in total. The molecule has 0 aromatic rings. The molecule has 0 aliphatic rings. The minimum atomic E-state index is -0.856. The van der Waals surface area contributed by atoms with Crippen molar-refractivity contribution in [3.63, 3.8) is 0 Å². The Hall–Kier alpha value is -5.49. The summed E-state index contributed by atoms with van der Waals surface area (Å²) in [7, 11) is 0. The van der Waals surface area contributed by atoms with Gasteiger partial charge in [-0.1, -0.05) is 209 Å². The van der Waals surface area contributed by atoms with Gasteiger partial charge in [0, 0.05) is 19.3 Å². The predicted molar refractivity (Wildman–Crippen MR) is 306 cm³/mol. The van der Waals surface area contributed by atoms with Crippen molar-refractivity contribution < 1.29 is 28.6 Å². The van der Waals surface area contributed by atoms with E-state index in [0.717, 1.165) is 135 Å². The number of ether oxygens (including phenoxy) is 3. The lowest BCUT2D eigenvalue weighted by Gasteiger charge is -2.18. The lowest BCUT2D eigenvalue weighted by Crippen LogP contribution is -2.30. The molecule has 0 saturated heterocycles. The van der Waals surface area contributed by atoms with Crippen LogP contribution < -0.4 is 0 Å². The molecular formula is C65H96O6. The smallest absolute Gasteiger partial charge is 0.306 e. The summed E-state index contributed by atoms with van der Waals surface area (Å²) < 4.78 is 16.7. The van der Waals surface area contributed by atoms with Gasteiger partial charge in [0.05, 0.1) is 0 Å². The average Bonchev–Trinajstić information content (AvgIpc) is 3.37. The first-order valence-corrected chi connectivity index (χ1v) is 27.3. The van der Waals surface area contributed by atoms with E-state index < -0.39 is 12.1 Å². The molecule has 0 amide bonds. The molecule has 0 radical (unpaired) electrons. The van der Waals surface area contributed by atoms with E-state index in [2.05, 4.69) is 203 Å². The molecule has 392 valence electrons. The first-order chi connectivity index (χ1) is 35.0. The summed E-state index contributed by atoms with van der Waals surface area (Å²) >= 11 is 0. The Kier molecular flexibility index (Phi) is 52.7. The van der Waals surface area contributed by atoms with Crippen LogP contribution in [0, 0.1) is 0 Å². The molecule has 0 spiro atoms. The van der Waals surface area contributed by atoms with E-state index in [0.29, 0.717) is 12.8 Å². The molecule has 0 aromatic carbocycles. The molecule has 0 bridgehead atoms. The molecule has 0 fully saturated rings. The fourth-order valence-electron chi connectivity index (χ4n) is 6.42. The Balaban J connectivity index is 4.67. The highest BCUT2D eigenvalue weighted by atomic mass is 16.6. The van der Waals surface area contributed by atoms with Crippen molar-refractivity contribution in [2.24, 2.45) is 0 Å². The van der Waals surface area contributed by atoms with Crippen LogP contribution in [0.2, 0.25) is 0 Å². The Labute approximate surface area is 434 Å². The van der Waals surface area contributed by atoms with Crippen LogP contribution in [0.1, 0.15) is 188 Å². The minimum Gasteiger partial charge on any atom is -0.462 e. The van der Waals surface area contributed by atoms with Crippen LogP contribution in [0.5, 0.6) is 0 Å². The average molecular weight is 973 g/mol. The van der Waals surface area contributed by atoms with Crippen molar-refractivity contribution >= 4 is 17.9 Å². The number of rotatable bonds is 46. The zero-order valence-electron chi connectivity index (χ0n) is 44.6. The number of allylic oxidation sites excluding steroid dienone is 30. The molecule has 6 nitrogen and oxygen atoms in total. The van der Waals surface area contributed by atoms with Gasteiger partial charge in [-0.15, -0.1) is 0 Å². The highest BCUT2D eigenvalue weighted by Gasteiger charge is 2.19. The molecule has 0 rings (SSSR count). The molecule has 71 heavy (non-hydrogen) atoms. The lowest BCUT2D eigenvalue weighted by molar-refractivity contribution is -0.167. The van der Waals surface area contributed by atoms with Crippen LogP contribution in [0.15, 0.2) is 182 Å². The van der Waals surface area contributed by atoms with Gasteiger partial charge < -0.3 is 14.2 Å². The quantitative estimate of drug-likeness (QED) is 0.0262. The van der Waals surface area contributed by atoms with E-state index in [1.54, 1.807) is 0 Å². The van der Waals surface area contributed by atoms with E-state index in [1.807, 2.05) is 0 Å². The van der Waals surface area contributed by atoms with Crippen LogP contribution in [0.25, 0.3) is 0 Å². The van der Waals surface area contributed by atoms with Gasteiger partial charge in [-0.25, -0.2) is 0 Å². The molecule has 0 saturated carbocycles. The SMILES string of the molecule is CC/C=C\C/C=C\C/C=C\C/C=C\C/C=C\CCCCCC(=O)OCC(COC(=O)CCC/C=C\C/C=C\C/C=C\C/C=C\C/C=C\CC)OC(=O)CCC/C=C\C/C=C\C/C=C\C/C=C\C/C=C\CC. The molecule has 0 aliphatic carbocycles. The fourth-order valence-corrected chi connectivity index (χ4v) is 6.42. The number of carbonyl (C=O) groups is 3. The first kappa shape index (κ1) is 65.5. The molecule has 0 heterocycles. The second kappa shape index (κ2) is 57.1. The van der Waals surface area contributed by atoms with E-state index >= 15 is 0 Å². The van der Waals surface area contributed by atoms with Gasteiger partial charge in [0.2, 0.25) is 0 Å². The normalized spacial score (nSPS) is 13.6. The Morgan fingerprint density at radius 1 is 0.282 bits per heavy atom. The van der Waals surface area contributed by atoms with Gasteiger partial charge in [-0.05, 0) is 141 Å². The van der Waals surface area contributed by atoms with Crippen LogP contribution in [-0.2, 0) is 28.6 Å². The van der Waals surface area contributed by atoms with Gasteiger partial charge in [0.25, 0.3) is 0 Å². The standard InChI is InChI=1S/C65H96O6/c1-4-7-10-13-16-19-22-25-28-31-32-35-37-40-43-46-49-52-55-58-64(67)70-61-62(71-65(68)59-56-53-50-47-44-41-38-34-30-27-24-21-18-15-12-9-6-3)60-69-63(66)57-54-51-48-45-42-39-36-33-29-26-23-20-17-14-11-8-5-2/h7-12,16-21,25-30,32,35-36,38-41,43,45,47-48,50,62H,4-6,13-15,22-24,31,33-34,37,42,44,46,49,51-61H2,1-3H3/b10-7-,11-8-,12-9-,19-16-,20-17-,21-18-,28-25-,29-26-,30-27-,35-32-,39-36-,41-38-,43-40-,48-45-,50-47-. The highest BCUT2D eigenvalue weighted by molar-refractivity contribution is 5.71. The Bertz CT molecular complexity index is 1730. The van der Waals surface area contributed by atoms with Crippen LogP contribution >= 0.6 is 0 Å². The summed E-state index contributed by atoms with van der Waals surface area (Å²) in [5.74, 6) is -1.11. The summed E-state index contributed by atoms with van der Waals surface area (Å²) in [6, 6.07) is 0. The zero-order chi connectivity index (χ0) is 51.4. The van der Waals surface area contributed by atoms with Gasteiger partial charge in [0.1, 0.15) is 13.2 Å². The monoisotopic (exact) mass is 973 g/mol. The highest BCUT2D eigenvalue weighted by Crippen LogP contribution is 2.10. The molecule has 1 unspecified atom stereocenters. The number of hydrogen-bond donors (Lipinski definition) is 0. The summed E-state index contributed by atoms with van der Waals surface area (Å²) in [6.45, 7) is 6.14. The van der Waals surface area contributed by atoms with Crippen molar-refractivity contribution in [1.29, 1.82) is 0 Å². The van der Waals surface area contributed by atoms with Crippen LogP contribution in [-0.4, -0.2) is 37.2 Å². The Morgan fingerprint density at radius 3 is 0.817 bits per heavy atom.